The van der Waals surface area contributed by atoms with Crippen molar-refractivity contribution in [3.05, 3.63) is 53.1 Å². The van der Waals surface area contributed by atoms with Gasteiger partial charge in [-0.2, -0.15) is 0 Å². The van der Waals surface area contributed by atoms with Gasteiger partial charge in [0.05, 0.1) is 12.3 Å². The molecule has 0 radical (unpaired) electrons. The number of ether oxygens (including phenoxy) is 1. The van der Waals surface area contributed by atoms with Crippen LogP contribution in [0.4, 0.5) is 5.69 Å². The second kappa shape index (κ2) is 6.24. The van der Waals surface area contributed by atoms with Crippen molar-refractivity contribution in [2.75, 3.05) is 6.61 Å². The summed E-state index contributed by atoms with van der Waals surface area (Å²) >= 11 is 0. The zero-order chi connectivity index (χ0) is 14.5. The standard InChI is InChI=1S/C17H19NO2/c1-4-20-16-10-6-8-14(17(16)19)11-18-15-9-5-7-12(2)13(15)3/h5-11,19H,4H2,1-3H3. The van der Waals surface area contributed by atoms with Gasteiger partial charge in [0, 0.05) is 11.8 Å². The number of rotatable bonds is 4. The molecule has 2 aromatic carbocycles. The number of aliphatic imine (C=N–C) groups is 1. The molecule has 0 aromatic heterocycles. The van der Waals surface area contributed by atoms with Crippen LogP contribution in [0.1, 0.15) is 23.6 Å². The number of benzene rings is 2. The van der Waals surface area contributed by atoms with Crippen LogP contribution in [-0.2, 0) is 0 Å². The Hall–Kier alpha value is -2.29. The first-order valence-electron chi connectivity index (χ1n) is 6.68. The highest BCUT2D eigenvalue weighted by molar-refractivity contribution is 5.86. The number of nitrogens with zero attached hydrogens (tertiary/aromatic N) is 1. The van der Waals surface area contributed by atoms with Crippen molar-refractivity contribution < 1.29 is 9.84 Å². The minimum absolute atomic E-state index is 0.128. The molecule has 0 saturated heterocycles. The average molecular weight is 269 g/mol. The van der Waals surface area contributed by atoms with Crippen molar-refractivity contribution in [2.24, 2.45) is 4.99 Å². The fourth-order valence-corrected chi connectivity index (χ4v) is 1.93. The van der Waals surface area contributed by atoms with Crippen LogP contribution < -0.4 is 4.74 Å². The van der Waals surface area contributed by atoms with Crippen LogP contribution in [0.25, 0.3) is 0 Å². The summed E-state index contributed by atoms with van der Waals surface area (Å²) in [6.07, 6.45) is 1.67. The molecule has 0 atom stereocenters. The minimum atomic E-state index is 0.128. The molecule has 0 spiro atoms. The zero-order valence-electron chi connectivity index (χ0n) is 12.1. The molecule has 0 aliphatic heterocycles. The van der Waals surface area contributed by atoms with E-state index in [1.165, 1.54) is 5.56 Å². The molecule has 3 nitrogen and oxygen atoms in total. The van der Waals surface area contributed by atoms with E-state index in [4.69, 9.17) is 4.74 Å². The lowest BCUT2D eigenvalue weighted by Gasteiger charge is -2.07. The summed E-state index contributed by atoms with van der Waals surface area (Å²) in [7, 11) is 0. The van der Waals surface area contributed by atoms with Gasteiger partial charge in [-0.25, -0.2) is 0 Å². The molecule has 0 unspecified atom stereocenters. The van der Waals surface area contributed by atoms with Crippen LogP contribution in [0.2, 0.25) is 0 Å². The molecule has 0 aliphatic carbocycles. The number of hydrogen-bond acceptors (Lipinski definition) is 3. The number of hydrogen-bond donors (Lipinski definition) is 1. The van der Waals surface area contributed by atoms with E-state index >= 15 is 0 Å². The van der Waals surface area contributed by atoms with Crippen LogP contribution in [0, 0.1) is 13.8 Å². The summed E-state index contributed by atoms with van der Waals surface area (Å²) < 4.78 is 5.36. The Bertz CT molecular complexity index is 633. The van der Waals surface area contributed by atoms with Gasteiger partial charge < -0.3 is 9.84 Å². The lowest BCUT2D eigenvalue weighted by atomic mass is 10.1. The molecule has 0 aliphatic rings. The summed E-state index contributed by atoms with van der Waals surface area (Å²) in [5.74, 6) is 0.612. The molecule has 0 heterocycles. The second-order valence-corrected chi connectivity index (χ2v) is 4.60. The SMILES string of the molecule is CCOc1cccc(C=Nc2cccc(C)c2C)c1O. The number of aromatic hydroxyl groups is 1. The number of aryl methyl sites for hydroxylation is 1. The van der Waals surface area contributed by atoms with Crippen molar-refractivity contribution in [1.82, 2.24) is 0 Å². The van der Waals surface area contributed by atoms with Crippen LogP contribution in [0.5, 0.6) is 11.5 Å². The Balaban J connectivity index is 2.32. The van der Waals surface area contributed by atoms with Gasteiger partial charge in [-0.1, -0.05) is 18.2 Å². The van der Waals surface area contributed by atoms with E-state index in [0.717, 1.165) is 11.3 Å². The highest BCUT2D eigenvalue weighted by Crippen LogP contribution is 2.29. The third-order valence-electron chi connectivity index (χ3n) is 3.25. The number of para-hydroxylation sites is 1. The fraction of sp³-hybridized carbons (Fsp3) is 0.235. The normalized spacial score (nSPS) is 10.9. The maximum absolute atomic E-state index is 10.1. The second-order valence-electron chi connectivity index (χ2n) is 4.60. The van der Waals surface area contributed by atoms with Crippen LogP contribution in [-0.4, -0.2) is 17.9 Å². The molecule has 2 aromatic rings. The molecule has 3 heteroatoms. The molecule has 0 fully saturated rings. The molecule has 104 valence electrons. The smallest absolute Gasteiger partial charge is 0.166 e. The molecule has 0 amide bonds. The van der Waals surface area contributed by atoms with E-state index in [1.807, 2.05) is 38.1 Å². The molecule has 2 rings (SSSR count). The summed E-state index contributed by atoms with van der Waals surface area (Å²) in [5.41, 5.74) is 3.90. The summed E-state index contributed by atoms with van der Waals surface area (Å²) in [6.45, 7) is 6.50. The quantitative estimate of drug-likeness (QED) is 0.847. The van der Waals surface area contributed by atoms with Crippen molar-refractivity contribution in [3.63, 3.8) is 0 Å². The zero-order valence-corrected chi connectivity index (χ0v) is 12.1. The Kier molecular flexibility index (Phi) is 4.41. The van der Waals surface area contributed by atoms with Gasteiger partial charge in [0.15, 0.2) is 11.5 Å². The van der Waals surface area contributed by atoms with E-state index in [-0.39, 0.29) is 5.75 Å². The lowest BCUT2D eigenvalue weighted by molar-refractivity contribution is 0.318. The molecule has 1 N–H and O–H groups in total. The minimum Gasteiger partial charge on any atom is -0.504 e. The van der Waals surface area contributed by atoms with Crippen molar-refractivity contribution in [2.45, 2.75) is 20.8 Å². The Morgan fingerprint density at radius 2 is 1.90 bits per heavy atom. The first-order chi connectivity index (χ1) is 9.63. The van der Waals surface area contributed by atoms with E-state index in [1.54, 1.807) is 12.3 Å². The number of phenolic OH excluding ortho intramolecular Hbond substituents is 1. The first-order valence-corrected chi connectivity index (χ1v) is 6.68. The van der Waals surface area contributed by atoms with Gasteiger partial charge in [-0.05, 0) is 50.1 Å². The molecule has 0 saturated carbocycles. The third-order valence-corrected chi connectivity index (χ3v) is 3.25. The highest BCUT2D eigenvalue weighted by Gasteiger charge is 2.06. The van der Waals surface area contributed by atoms with Crippen LogP contribution >= 0.6 is 0 Å². The van der Waals surface area contributed by atoms with E-state index in [2.05, 4.69) is 18.0 Å². The molecule has 0 bridgehead atoms. The van der Waals surface area contributed by atoms with Crippen molar-refractivity contribution >= 4 is 11.9 Å². The third kappa shape index (κ3) is 2.99. The monoisotopic (exact) mass is 269 g/mol. The van der Waals surface area contributed by atoms with Gasteiger partial charge in [0.25, 0.3) is 0 Å². The number of phenols is 1. The Morgan fingerprint density at radius 3 is 2.65 bits per heavy atom. The maximum Gasteiger partial charge on any atom is 0.166 e. The summed E-state index contributed by atoms with van der Waals surface area (Å²) in [6, 6.07) is 11.4. The van der Waals surface area contributed by atoms with Gasteiger partial charge >= 0.3 is 0 Å². The summed E-state index contributed by atoms with van der Waals surface area (Å²) in [4.78, 5) is 4.46. The maximum atomic E-state index is 10.1. The molecule has 20 heavy (non-hydrogen) atoms. The largest absolute Gasteiger partial charge is 0.504 e. The Morgan fingerprint density at radius 1 is 1.15 bits per heavy atom. The highest BCUT2D eigenvalue weighted by atomic mass is 16.5. The van der Waals surface area contributed by atoms with Gasteiger partial charge in [-0.15, -0.1) is 0 Å². The van der Waals surface area contributed by atoms with Crippen molar-refractivity contribution in [1.29, 1.82) is 0 Å². The van der Waals surface area contributed by atoms with E-state index in [0.29, 0.717) is 17.9 Å². The predicted octanol–water partition coefficient (Wildman–Crippen LogP) is 4.16. The van der Waals surface area contributed by atoms with Crippen LogP contribution in [0.15, 0.2) is 41.4 Å². The first kappa shape index (κ1) is 14.1. The van der Waals surface area contributed by atoms with E-state index in [9.17, 15) is 5.11 Å². The predicted molar refractivity (Wildman–Crippen MR) is 82.4 cm³/mol. The fourth-order valence-electron chi connectivity index (χ4n) is 1.93. The summed E-state index contributed by atoms with van der Waals surface area (Å²) in [5, 5.41) is 10.1. The van der Waals surface area contributed by atoms with Gasteiger partial charge in [0.2, 0.25) is 0 Å². The average Bonchev–Trinajstić information content (AvgIpc) is 2.44. The van der Waals surface area contributed by atoms with Gasteiger partial charge in [-0.3, -0.25) is 4.99 Å². The van der Waals surface area contributed by atoms with Gasteiger partial charge in [0.1, 0.15) is 0 Å². The lowest BCUT2D eigenvalue weighted by Crippen LogP contribution is -1.93. The van der Waals surface area contributed by atoms with Crippen molar-refractivity contribution in [3.8, 4) is 11.5 Å². The van der Waals surface area contributed by atoms with Crippen LogP contribution in [0.3, 0.4) is 0 Å². The molecular formula is C17H19NO2. The molecular weight excluding hydrogens is 250 g/mol. The van der Waals surface area contributed by atoms with E-state index < -0.39 is 0 Å². The topological polar surface area (TPSA) is 41.8 Å². The Labute approximate surface area is 119 Å².